The summed E-state index contributed by atoms with van der Waals surface area (Å²) in [6.07, 6.45) is 5.88. The van der Waals surface area contributed by atoms with Crippen LogP contribution in [0.1, 0.15) is 70.4 Å². The van der Waals surface area contributed by atoms with Crippen LogP contribution in [0, 0.1) is 23.2 Å². The lowest BCUT2D eigenvalue weighted by Crippen LogP contribution is -2.52. The molecular weight excluding hydrogens is 402 g/mol. The van der Waals surface area contributed by atoms with Crippen molar-refractivity contribution in [3.63, 3.8) is 0 Å². The van der Waals surface area contributed by atoms with Crippen LogP contribution in [0.25, 0.3) is 0 Å². The van der Waals surface area contributed by atoms with Crippen LogP contribution in [0.5, 0.6) is 0 Å². The maximum absolute atomic E-state index is 13.3. The highest BCUT2D eigenvalue weighted by molar-refractivity contribution is 6.30. The number of nitrogens with one attached hydrogen (secondary N) is 1. The third kappa shape index (κ3) is 4.41. The van der Waals surface area contributed by atoms with E-state index < -0.39 is 18.1 Å². The fraction of sp³-hybridized carbons (Fsp3) is 0.625. The zero-order valence-corrected chi connectivity index (χ0v) is 18.4. The van der Waals surface area contributed by atoms with Gasteiger partial charge in [0.1, 0.15) is 0 Å². The molecule has 2 unspecified atom stereocenters. The lowest BCUT2D eigenvalue weighted by atomic mass is 9.48. The van der Waals surface area contributed by atoms with E-state index in [0.29, 0.717) is 22.8 Å². The van der Waals surface area contributed by atoms with Crippen molar-refractivity contribution in [3.8, 4) is 0 Å². The average molecular weight is 432 g/mol. The summed E-state index contributed by atoms with van der Waals surface area (Å²) in [6, 6.07) is 6.47. The van der Waals surface area contributed by atoms with Crippen molar-refractivity contribution in [1.29, 1.82) is 0 Å². The maximum atomic E-state index is 13.3. The summed E-state index contributed by atoms with van der Waals surface area (Å²) in [5.41, 5.74) is 0.480. The van der Waals surface area contributed by atoms with E-state index in [1.807, 2.05) is 0 Å². The molecule has 162 valence electrons. The number of carbonyl (C=O) groups excluding carboxylic acids is 3. The minimum Gasteiger partial charge on any atom is -0.455 e. The predicted octanol–water partition coefficient (Wildman–Crippen LogP) is 4.62. The standard InChI is InChI=1S/C24H30ClNO4/c1-14(23(29)24-11-16-7-17(12-24)9-18(8-16)13-24)30-22(28)10-21(26-15(2)27)19-3-5-20(25)6-4-19/h3-6,14,16-18,21H,7-13H2,1-2H3,(H,26,27). The molecule has 0 spiro atoms. The van der Waals surface area contributed by atoms with Crippen LogP contribution in [-0.4, -0.2) is 23.8 Å². The van der Waals surface area contributed by atoms with Crippen LogP contribution >= 0.6 is 11.6 Å². The summed E-state index contributed by atoms with van der Waals surface area (Å²) in [5.74, 6) is 1.37. The van der Waals surface area contributed by atoms with E-state index in [2.05, 4.69) is 5.32 Å². The van der Waals surface area contributed by atoms with Crippen LogP contribution in [0.3, 0.4) is 0 Å². The minimum absolute atomic E-state index is 0.0281. The van der Waals surface area contributed by atoms with E-state index in [9.17, 15) is 14.4 Å². The molecule has 4 bridgehead atoms. The number of Topliss-reactive ketones (excluding diaryl/α,β-unsaturated/α-hetero) is 1. The molecular formula is C24H30ClNO4. The van der Waals surface area contributed by atoms with Crippen LogP contribution < -0.4 is 5.32 Å². The van der Waals surface area contributed by atoms with Crippen molar-refractivity contribution in [2.75, 3.05) is 0 Å². The van der Waals surface area contributed by atoms with Crippen molar-refractivity contribution in [2.24, 2.45) is 23.2 Å². The first-order valence-electron chi connectivity index (χ1n) is 11.0. The van der Waals surface area contributed by atoms with Gasteiger partial charge in [-0.15, -0.1) is 0 Å². The summed E-state index contributed by atoms with van der Waals surface area (Å²) in [5, 5.41) is 3.37. The first-order chi connectivity index (χ1) is 14.2. The van der Waals surface area contributed by atoms with Crippen LogP contribution in [0.15, 0.2) is 24.3 Å². The molecule has 4 saturated carbocycles. The lowest BCUT2D eigenvalue weighted by molar-refractivity contribution is -0.165. The van der Waals surface area contributed by atoms with Crippen molar-refractivity contribution in [2.45, 2.75) is 70.9 Å². The van der Waals surface area contributed by atoms with Crippen LogP contribution in [0.2, 0.25) is 5.02 Å². The van der Waals surface area contributed by atoms with E-state index in [1.54, 1.807) is 31.2 Å². The molecule has 30 heavy (non-hydrogen) atoms. The molecule has 0 aromatic heterocycles. The Bertz CT molecular complexity index is 799. The quantitative estimate of drug-likeness (QED) is 0.639. The third-order valence-electron chi connectivity index (χ3n) is 7.26. The summed E-state index contributed by atoms with van der Waals surface area (Å²) >= 11 is 5.94. The molecule has 1 aromatic rings. The largest absolute Gasteiger partial charge is 0.455 e. The Hall–Kier alpha value is -1.88. The molecule has 6 heteroatoms. The SMILES string of the molecule is CC(=O)NC(CC(=O)OC(C)C(=O)C12CC3CC(CC(C3)C1)C2)c1ccc(Cl)cc1. The Morgan fingerprint density at radius 3 is 2.10 bits per heavy atom. The second-order valence-electron chi connectivity index (χ2n) is 9.70. The number of ketones is 1. The van der Waals surface area contributed by atoms with E-state index in [-0.39, 0.29) is 23.5 Å². The minimum atomic E-state index is -0.753. The van der Waals surface area contributed by atoms with Gasteiger partial charge in [-0.1, -0.05) is 23.7 Å². The molecule has 4 aliphatic carbocycles. The van der Waals surface area contributed by atoms with Gasteiger partial charge < -0.3 is 10.1 Å². The maximum Gasteiger partial charge on any atom is 0.308 e. The molecule has 5 rings (SSSR count). The number of hydrogen-bond donors (Lipinski definition) is 1. The second-order valence-corrected chi connectivity index (χ2v) is 10.1. The Morgan fingerprint density at radius 2 is 1.60 bits per heavy atom. The van der Waals surface area contributed by atoms with Crippen molar-refractivity contribution >= 4 is 29.3 Å². The zero-order valence-electron chi connectivity index (χ0n) is 17.7. The molecule has 2 atom stereocenters. The van der Waals surface area contributed by atoms with E-state index in [1.165, 1.54) is 26.2 Å². The number of benzene rings is 1. The Labute approximate surface area is 182 Å². The van der Waals surface area contributed by atoms with Crippen LogP contribution in [0.4, 0.5) is 0 Å². The highest BCUT2D eigenvalue weighted by atomic mass is 35.5. The van der Waals surface area contributed by atoms with E-state index >= 15 is 0 Å². The number of hydrogen-bond acceptors (Lipinski definition) is 4. The van der Waals surface area contributed by atoms with Gasteiger partial charge in [-0.3, -0.25) is 14.4 Å². The van der Waals surface area contributed by atoms with Gasteiger partial charge in [0.05, 0.1) is 12.5 Å². The first kappa shape index (κ1) is 21.4. The fourth-order valence-electron chi connectivity index (χ4n) is 6.50. The number of ether oxygens (including phenoxy) is 1. The lowest BCUT2D eigenvalue weighted by Gasteiger charge is -2.56. The molecule has 0 saturated heterocycles. The van der Waals surface area contributed by atoms with Gasteiger partial charge in [0.15, 0.2) is 11.9 Å². The highest BCUT2D eigenvalue weighted by Gasteiger charge is 2.55. The van der Waals surface area contributed by atoms with Crippen molar-refractivity contribution in [3.05, 3.63) is 34.9 Å². The molecule has 1 aromatic carbocycles. The monoisotopic (exact) mass is 431 g/mol. The van der Waals surface area contributed by atoms with Crippen molar-refractivity contribution < 1.29 is 19.1 Å². The fourth-order valence-corrected chi connectivity index (χ4v) is 6.63. The smallest absolute Gasteiger partial charge is 0.308 e. The van der Waals surface area contributed by atoms with Gasteiger partial charge in [-0.2, -0.15) is 0 Å². The van der Waals surface area contributed by atoms with Gasteiger partial charge in [-0.25, -0.2) is 0 Å². The van der Waals surface area contributed by atoms with Gasteiger partial charge in [0.25, 0.3) is 0 Å². The van der Waals surface area contributed by atoms with Crippen molar-refractivity contribution in [1.82, 2.24) is 5.32 Å². The summed E-state index contributed by atoms with van der Waals surface area (Å²) in [4.78, 5) is 37.6. The highest BCUT2D eigenvalue weighted by Crippen LogP contribution is 2.60. The third-order valence-corrected chi connectivity index (χ3v) is 7.51. The van der Waals surface area contributed by atoms with Crippen LogP contribution in [-0.2, 0) is 19.1 Å². The molecule has 0 heterocycles. The average Bonchev–Trinajstić information content (AvgIpc) is 2.66. The Kier molecular flexibility index (Phi) is 5.93. The normalized spacial score (nSPS) is 31.1. The van der Waals surface area contributed by atoms with Gasteiger partial charge in [0, 0.05) is 17.4 Å². The zero-order chi connectivity index (χ0) is 21.5. The van der Waals surface area contributed by atoms with E-state index in [0.717, 1.165) is 24.8 Å². The summed E-state index contributed by atoms with van der Waals surface area (Å²) in [7, 11) is 0. The molecule has 0 radical (unpaired) electrons. The number of halogens is 1. The second kappa shape index (κ2) is 8.33. The molecule has 4 aliphatic rings. The molecule has 0 aliphatic heterocycles. The number of carbonyl (C=O) groups is 3. The Balaban J connectivity index is 1.40. The first-order valence-corrected chi connectivity index (χ1v) is 11.4. The van der Waals surface area contributed by atoms with E-state index in [4.69, 9.17) is 16.3 Å². The Morgan fingerprint density at radius 1 is 1.07 bits per heavy atom. The summed E-state index contributed by atoms with van der Waals surface area (Å²) in [6.45, 7) is 3.11. The molecule has 1 N–H and O–H groups in total. The predicted molar refractivity (Wildman–Crippen MR) is 114 cm³/mol. The molecule has 5 nitrogen and oxygen atoms in total. The van der Waals surface area contributed by atoms with Gasteiger partial charge in [-0.05, 0) is 80.9 Å². The number of rotatable bonds is 7. The molecule has 4 fully saturated rings. The van der Waals surface area contributed by atoms with Gasteiger partial charge >= 0.3 is 5.97 Å². The summed E-state index contributed by atoms with van der Waals surface area (Å²) < 4.78 is 5.59. The van der Waals surface area contributed by atoms with Gasteiger partial charge in [0.2, 0.25) is 5.91 Å². The molecule has 1 amide bonds. The number of esters is 1. The topological polar surface area (TPSA) is 72.5 Å². The number of amides is 1.